The molecule has 0 aliphatic rings. The summed E-state index contributed by atoms with van der Waals surface area (Å²) in [5, 5.41) is 4.65. The molecule has 0 amide bonds. The van der Waals surface area contributed by atoms with Gasteiger partial charge in [-0.25, -0.2) is 14.0 Å². The van der Waals surface area contributed by atoms with Gasteiger partial charge in [-0.2, -0.15) is 5.10 Å². The predicted octanol–water partition coefficient (Wildman–Crippen LogP) is 2.48. The van der Waals surface area contributed by atoms with E-state index in [9.17, 15) is 9.59 Å². The van der Waals surface area contributed by atoms with Crippen molar-refractivity contribution >= 4 is 11.0 Å². The van der Waals surface area contributed by atoms with E-state index < -0.39 is 5.69 Å². The van der Waals surface area contributed by atoms with Crippen LogP contribution in [0, 0.1) is 13.8 Å². The maximum Gasteiger partial charge on any atom is 0.334 e. The molecule has 0 spiro atoms. The van der Waals surface area contributed by atoms with Crippen molar-refractivity contribution in [3.05, 3.63) is 86.7 Å². The molecular formula is C19H16N4O2. The maximum absolute atomic E-state index is 12.8. The van der Waals surface area contributed by atoms with Gasteiger partial charge in [0.25, 0.3) is 5.56 Å². The summed E-state index contributed by atoms with van der Waals surface area (Å²) in [5.41, 5.74) is 2.93. The van der Waals surface area contributed by atoms with Gasteiger partial charge in [-0.05, 0) is 43.7 Å². The van der Waals surface area contributed by atoms with E-state index in [0.29, 0.717) is 16.7 Å². The van der Waals surface area contributed by atoms with Crippen molar-refractivity contribution in [1.29, 1.82) is 0 Å². The number of hydrogen-bond donors (Lipinski definition) is 1. The molecule has 2 aromatic heterocycles. The minimum absolute atomic E-state index is 0.363. The molecule has 0 aliphatic carbocycles. The van der Waals surface area contributed by atoms with E-state index in [1.165, 1.54) is 6.20 Å². The monoisotopic (exact) mass is 332 g/mol. The molecule has 6 nitrogen and oxygen atoms in total. The first-order valence-corrected chi connectivity index (χ1v) is 7.92. The van der Waals surface area contributed by atoms with Crippen molar-refractivity contribution in [2.24, 2.45) is 0 Å². The SMILES string of the molecule is Cc1ccc(-n2ncc3c(=O)n(-c4cccc(C)c4)c(=O)[nH]c32)cc1. The van der Waals surface area contributed by atoms with Gasteiger partial charge in [0.2, 0.25) is 0 Å². The molecule has 1 N–H and O–H groups in total. The molecule has 2 aromatic carbocycles. The molecule has 0 saturated carbocycles. The van der Waals surface area contributed by atoms with Gasteiger partial charge in [0.05, 0.1) is 17.6 Å². The Labute approximate surface area is 143 Å². The second-order valence-corrected chi connectivity index (χ2v) is 6.06. The van der Waals surface area contributed by atoms with Crippen LogP contribution in [-0.2, 0) is 0 Å². The van der Waals surface area contributed by atoms with Crippen molar-refractivity contribution < 1.29 is 0 Å². The fourth-order valence-electron chi connectivity index (χ4n) is 2.88. The lowest BCUT2D eigenvalue weighted by molar-refractivity contribution is 0.861. The van der Waals surface area contributed by atoms with Gasteiger partial charge < -0.3 is 0 Å². The van der Waals surface area contributed by atoms with Gasteiger partial charge in [-0.15, -0.1) is 0 Å². The van der Waals surface area contributed by atoms with E-state index in [1.807, 2.05) is 50.2 Å². The molecule has 124 valence electrons. The van der Waals surface area contributed by atoms with E-state index >= 15 is 0 Å². The topological polar surface area (TPSA) is 72.7 Å². The van der Waals surface area contributed by atoms with Crippen LogP contribution in [0.15, 0.2) is 64.3 Å². The summed E-state index contributed by atoms with van der Waals surface area (Å²) in [7, 11) is 0. The average molecular weight is 332 g/mol. The molecule has 0 fully saturated rings. The van der Waals surface area contributed by atoms with E-state index in [-0.39, 0.29) is 5.56 Å². The van der Waals surface area contributed by atoms with Crippen molar-refractivity contribution in [3.8, 4) is 11.4 Å². The first kappa shape index (κ1) is 15.1. The zero-order valence-electron chi connectivity index (χ0n) is 13.9. The van der Waals surface area contributed by atoms with Crippen LogP contribution in [0.4, 0.5) is 0 Å². The molecule has 0 aliphatic heterocycles. The maximum atomic E-state index is 12.8. The number of H-pyrrole nitrogens is 1. The number of rotatable bonds is 2. The average Bonchev–Trinajstić information content (AvgIpc) is 3.00. The Balaban J connectivity index is 1.98. The zero-order valence-corrected chi connectivity index (χ0v) is 13.9. The Hall–Kier alpha value is -3.41. The minimum atomic E-state index is -0.489. The molecule has 2 heterocycles. The molecule has 0 unspecified atom stereocenters. The number of fused-ring (bicyclic) bond motifs is 1. The number of nitrogens with one attached hydrogen (secondary N) is 1. The Morgan fingerprint density at radius 3 is 2.40 bits per heavy atom. The molecule has 0 radical (unpaired) electrons. The fourth-order valence-corrected chi connectivity index (χ4v) is 2.88. The minimum Gasteiger partial charge on any atom is -0.291 e. The van der Waals surface area contributed by atoms with Crippen LogP contribution in [-0.4, -0.2) is 19.3 Å². The molecule has 6 heteroatoms. The Bertz CT molecular complexity index is 1200. The van der Waals surface area contributed by atoms with Crippen molar-refractivity contribution in [3.63, 3.8) is 0 Å². The lowest BCUT2D eigenvalue weighted by Gasteiger charge is -2.07. The number of nitrogens with zero attached hydrogens (tertiary/aromatic N) is 3. The Morgan fingerprint density at radius 2 is 1.68 bits per heavy atom. The highest BCUT2D eigenvalue weighted by atomic mass is 16.2. The number of benzene rings is 2. The number of hydrogen-bond acceptors (Lipinski definition) is 3. The lowest BCUT2D eigenvalue weighted by atomic mass is 10.2. The predicted molar refractivity (Wildman–Crippen MR) is 96.8 cm³/mol. The largest absolute Gasteiger partial charge is 0.334 e. The van der Waals surface area contributed by atoms with Crippen LogP contribution in [0.2, 0.25) is 0 Å². The summed E-state index contributed by atoms with van der Waals surface area (Å²) >= 11 is 0. The number of aryl methyl sites for hydroxylation is 2. The third-order valence-corrected chi connectivity index (χ3v) is 4.17. The smallest absolute Gasteiger partial charge is 0.291 e. The summed E-state index contributed by atoms with van der Waals surface area (Å²) in [6.45, 7) is 3.91. The van der Waals surface area contributed by atoms with Crippen LogP contribution < -0.4 is 11.2 Å². The van der Waals surface area contributed by atoms with Gasteiger partial charge in [0.1, 0.15) is 5.39 Å². The zero-order chi connectivity index (χ0) is 17.6. The highest BCUT2D eigenvalue weighted by molar-refractivity contribution is 5.75. The van der Waals surface area contributed by atoms with E-state index in [0.717, 1.165) is 21.4 Å². The first-order chi connectivity index (χ1) is 12.0. The van der Waals surface area contributed by atoms with Crippen molar-refractivity contribution in [2.75, 3.05) is 0 Å². The molecule has 4 aromatic rings. The van der Waals surface area contributed by atoms with E-state index in [2.05, 4.69) is 10.1 Å². The molecule has 0 atom stereocenters. The normalized spacial score (nSPS) is 11.1. The van der Waals surface area contributed by atoms with Crippen LogP contribution in [0.5, 0.6) is 0 Å². The summed E-state index contributed by atoms with van der Waals surface area (Å²) in [6.07, 6.45) is 1.49. The second kappa shape index (κ2) is 5.59. The summed E-state index contributed by atoms with van der Waals surface area (Å²) in [6, 6.07) is 15.0. The third kappa shape index (κ3) is 2.48. The fraction of sp³-hybridized carbons (Fsp3) is 0.105. The second-order valence-electron chi connectivity index (χ2n) is 6.06. The lowest BCUT2D eigenvalue weighted by Crippen LogP contribution is -2.33. The summed E-state index contributed by atoms with van der Waals surface area (Å²) in [4.78, 5) is 28.2. The standard InChI is InChI=1S/C19H16N4O2/c1-12-6-8-14(9-7-12)23-17-16(11-20-23)18(24)22(19(25)21-17)15-5-3-4-13(2)10-15/h3-11H,1-2H3,(H,21,25). The van der Waals surface area contributed by atoms with Crippen molar-refractivity contribution in [1.82, 2.24) is 19.3 Å². The van der Waals surface area contributed by atoms with Gasteiger partial charge >= 0.3 is 5.69 Å². The first-order valence-electron chi connectivity index (χ1n) is 7.92. The molecular weight excluding hydrogens is 316 g/mol. The molecule has 25 heavy (non-hydrogen) atoms. The van der Waals surface area contributed by atoms with Crippen LogP contribution in [0.1, 0.15) is 11.1 Å². The van der Waals surface area contributed by atoms with E-state index in [4.69, 9.17) is 0 Å². The Morgan fingerprint density at radius 1 is 0.920 bits per heavy atom. The molecule has 0 saturated heterocycles. The Kier molecular flexibility index (Phi) is 3.39. The summed E-state index contributed by atoms with van der Waals surface area (Å²) in [5.74, 6) is 0. The third-order valence-electron chi connectivity index (χ3n) is 4.17. The summed E-state index contributed by atoms with van der Waals surface area (Å²) < 4.78 is 2.70. The highest BCUT2D eigenvalue weighted by Crippen LogP contribution is 2.14. The van der Waals surface area contributed by atoms with Gasteiger partial charge in [0, 0.05) is 0 Å². The van der Waals surface area contributed by atoms with Crippen LogP contribution in [0.3, 0.4) is 0 Å². The quantitative estimate of drug-likeness (QED) is 0.613. The number of aromatic nitrogens is 4. The highest BCUT2D eigenvalue weighted by Gasteiger charge is 2.14. The number of aromatic amines is 1. The van der Waals surface area contributed by atoms with Gasteiger partial charge in [-0.3, -0.25) is 9.78 Å². The van der Waals surface area contributed by atoms with Crippen LogP contribution in [0.25, 0.3) is 22.4 Å². The van der Waals surface area contributed by atoms with Crippen LogP contribution >= 0.6 is 0 Å². The van der Waals surface area contributed by atoms with E-state index in [1.54, 1.807) is 16.8 Å². The van der Waals surface area contributed by atoms with Gasteiger partial charge in [-0.1, -0.05) is 29.8 Å². The molecule has 4 rings (SSSR count). The van der Waals surface area contributed by atoms with Crippen molar-refractivity contribution in [2.45, 2.75) is 13.8 Å². The van der Waals surface area contributed by atoms with Gasteiger partial charge in [0.15, 0.2) is 5.65 Å². The molecule has 0 bridgehead atoms.